The maximum absolute atomic E-state index is 13.0. The number of rotatable bonds is 6. The molecule has 0 unspecified atom stereocenters. The summed E-state index contributed by atoms with van der Waals surface area (Å²) >= 11 is 0. The molecule has 2 aromatic carbocycles. The maximum atomic E-state index is 13.0. The first-order valence-corrected chi connectivity index (χ1v) is 10.9. The molecule has 2 aromatic heterocycles. The first kappa shape index (κ1) is 22.9. The molecule has 0 aliphatic carbocycles. The van der Waals surface area contributed by atoms with E-state index in [0.717, 1.165) is 33.1 Å². The molecule has 0 spiro atoms. The topological polar surface area (TPSA) is 121 Å². The molecule has 9 nitrogen and oxygen atoms in total. The van der Waals surface area contributed by atoms with E-state index in [1.165, 1.54) is 6.21 Å². The zero-order chi connectivity index (χ0) is 24.1. The molecule has 0 saturated carbocycles. The molecule has 3 N–H and O–H groups in total. The molecule has 0 aliphatic heterocycles. The summed E-state index contributed by atoms with van der Waals surface area (Å²) in [4.78, 5) is 37.1. The molecule has 9 heteroatoms. The van der Waals surface area contributed by atoms with Crippen LogP contribution >= 0.6 is 0 Å². The predicted octanol–water partition coefficient (Wildman–Crippen LogP) is 3.70. The van der Waals surface area contributed by atoms with Crippen molar-refractivity contribution in [2.75, 3.05) is 0 Å². The third-order valence-corrected chi connectivity index (χ3v) is 4.99. The zero-order valence-corrected chi connectivity index (χ0v) is 19.2. The number of aromatic amines is 1. The van der Waals surface area contributed by atoms with E-state index in [0.29, 0.717) is 0 Å². The number of amides is 2. The normalized spacial score (nSPS) is 12.7. The number of carbonyl (C=O) groups excluding carboxylic acids is 2. The summed E-state index contributed by atoms with van der Waals surface area (Å²) in [7, 11) is 0. The lowest BCUT2D eigenvalue weighted by molar-refractivity contribution is -0.123. The highest BCUT2D eigenvalue weighted by molar-refractivity contribution is 5.90. The second kappa shape index (κ2) is 9.70. The van der Waals surface area contributed by atoms with E-state index in [-0.39, 0.29) is 6.42 Å². The number of benzene rings is 2. The lowest BCUT2D eigenvalue weighted by atomic mass is 10.0. The van der Waals surface area contributed by atoms with Gasteiger partial charge in [0.15, 0.2) is 0 Å². The van der Waals surface area contributed by atoms with Gasteiger partial charge in [0, 0.05) is 35.9 Å². The molecule has 4 rings (SSSR count). The molecule has 2 amide bonds. The molecule has 0 radical (unpaired) electrons. The summed E-state index contributed by atoms with van der Waals surface area (Å²) in [5.74, 6) is -0.465. The average Bonchev–Trinajstić information content (AvgIpc) is 3.20. The molecule has 34 heavy (non-hydrogen) atoms. The maximum Gasteiger partial charge on any atom is 0.408 e. The van der Waals surface area contributed by atoms with Crippen LogP contribution in [0.15, 0.2) is 66.2 Å². The fourth-order valence-corrected chi connectivity index (χ4v) is 3.49. The van der Waals surface area contributed by atoms with Crippen LogP contribution in [0.25, 0.3) is 21.9 Å². The molecule has 174 valence electrons. The Bertz CT molecular complexity index is 1360. The number of hydrogen-bond donors (Lipinski definition) is 3. The predicted molar refractivity (Wildman–Crippen MR) is 130 cm³/mol. The van der Waals surface area contributed by atoms with E-state index in [1.54, 1.807) is 33.2 Å². The highest BCUT2D eigenvalue weighted by atomic mass is 16.6. The van der Waals surface area contributed by atoms with Crippen molar-refractivity contribution in [3.8, 4) is 0 Å². The number of nitrogens with zero attached hydrogens (tertiary/aromatic N) is 3. The van der Waals surface area contributed by atoms with Gasteiger partial charge < -0.3 is 15.0 Å². The fourth-order valence-electron chi connectivity index (χ4n) is 3.49. The van der Waals surface area contributed by atoms with Crippen LogP contribution < -0.4 is 10.7 Å². The molecule has 4 aromatic rings. The summed E-state index contributed by atoms with van der Waals surface area (Å²) in [6, 6.07) is 12.4. The van der Waals surface area contributed by atoms with Crippen LogP contribution in [0.3, 0.4) is 0 Å². The van der Waals surface area contributed by atoms with Crippen molar-refractivity contribution in [2.45, 2.75) is 38.8 Å². The van der Waals surface area contributed by atoms with Crippen LogP contribution in [0, 0.1) is 0 Å². The van der Waals surface area contributed by atoms with Crippen LogP contribution in [0.5, 0.6) is 0 Å². The molecule has 0 fully saturated rings. The van der Waals surface area contributed by atoms with Crippen molar-refractivity contribution in [1.82, 2.24) is 25.7 Å². The van der Waals surface area contributed by atoms with Gasteiger partial charge in [0.05, 0.1) is 17.2 Å². The van der Waals surface area contributed by atoms with E-state index < -0.39 is 23.6 Å². The number of hydrogen-bond acceptors (Lipinski definition) is 6. The first-order valence-electron chi connectivity index (χ1n) is 10.9. The quantitative estimate of drug-likeness (QED) is 0.300. The number of para-hydroxylation sites is 1. The Morgan fingerprint density at radius 3 is 2.68 bits per heavy atom. The summed E-state index contributed by atoms with van der Waals surface area (Å²) in [5.41, 5.74) is 5.92. The van der Waals surface area contributed by atoms with Crippen molar-refractivity contribution >= 4 is 40.2 Å². The second-order valence-corrected chi connectivity index (χ2v) is 8.80. The van der Waals surface area contributed by atoms with Crippen LogP contribution in [0.4, 0.5) is 4.79 Å². The SMILES string of the molecule is CC(C)(C)OC(=O)N[C@@H](Cc1c[nH]c2ccccc12)C(=O)NN=Cc1ccc2nccnc2c1. The second-order valence-electron chi connectivity index (χ2n) is 8.80. The number of H-pyrrole nitrogens is 1. The van der Waals surface area contributed by atoms with E-state index >= 15 is 0 Å². The zero-order valence-electron chi connectivity index (χ0n) is 19.2. The van der Waals surface area contributed by atoms with E-state index in [9.17, 15) is 9.59 Å². The van der Waals surface area contributed by atoms with Gasteiger partial charge in [-0.2, -0.15) is 5.10 Å². The van der Waals surface area contributed by atoms with Crippen molar-refractivity contribution < 1.29 is 14.3 Å². The summed E-state index contributed by atoms with van der Waals surface area (Å²) < 4.78 is 5.35. The van der Waals surface area contributed by atoms with Crippen LogP contribution in [0.2, 0.25) is 0 Å². The Kier molecular flexibility index (Phi) is 6.53. The molecule has 1 atom stereocenters. The number of alkyl carbamates (subject to hydrolysis) is 1. The molecule has 0 aliphatic rings. The van der Waals surface area contributed by atoms with Crippen LogP contribution in [-0.4, -0.2) is 44.8 Å². The molecular weight excluding hydrogens is 432 g/mol. The van der Waals surface area contributed by atoms with E-state index in [4.69, 9.17) is 4.74 Å². The molecular formula is C25H26N6O3. The van der Waals surface area contributed by atoms with Crippen molar-refractivity contribution in [1.29, 1.82) is 0 Å². The smallest absolute Gasteiger partial charge is 0.408 e. The number of fused-ring (bicyclic) bond motifs is 2. The van der Waals surface area contributed by atoms with Gasteiger partial charge in [0.2, 0.25) is 0 Å². The Labute approximate surface area is 196 Å². The fraction of sp³-hybridized carbons (Fsp3) is 0.240. The number of ether oxygens (including phenoxy) is 1. The van der Waals surface area contributed by atoms with Gasteiger partial charge in [-0.05, 0) is 50.1 Å². The lowest BCUT2D eigenvalue weighted by Gasteiger charge is -2.22. The number of carbonyl (C=O) groups is 2. The van der Waals surface area contributed by atoms with Gasteiger partial charge in [-0.25, -0.2) is 10.2 Å². The Hall–Kier alpha value is -4.27. The van der Waals surface area contributed by atoms with E-state index in [2.05, 4.69) is 30.8 Å². The first-order chi connectivity index (χ1) is 16.3. The largest absolute Gasteiger partial charge is 0.444 e. The monoisotopic (exact) mass is 458 g/mol. The van der Waals surface area contributed by atoms with Crippen LogP contribution in [-0.2, 0) is 16.0 Å². The van der Waals surface area contributed by atoms with Crippen LogP contribution in [0.1, 0.15) is 31.9 Å². The lowest BCUT2D eigenvalue weighted by Crippen LogP contribution is -2.48. The Morgan fingerprint density at radius 2 is 1.88 bits per heavy atom. The number of hydrazone groups is 1. The highest BCUT2D eigenvalue weighted by Crippen LogP contribution is 2.19. The minimum atomic E-state index is -0.895. The van der Waals surface area contributed by atoms with Gasteiger partial charge in [-0.3, -0.25) is 14.8 Å². The Balaban J connectivity index is 1.49. The van der Waals surface area contributed by atoms with Gasteiger partial charge in [-0.15, -0.1) is 0 Å². The van der Waals surface area contributed by atoms with Crippen molar-refractivity contribution in [3.05, 3.63) is 72.2 Å². The third-order valence-electron chi connectivity index (χ3n) is 4.99. The van der Waals surface area contributed by atoms with Gasteiger partial charge in [0.1, 0.15) is 11.6 Å². The minimum Gasteiger partial charge on any atom is -0.444 e. The highest BCUT2D eigenvalue weighted by Gasteiger charge is 2.25. The minimum absolute atomic E-state index is 0.260. The molecule has 0 saturated heterocycles. The third kappa shape index (κ3) is 5.74. The molecule has 0 bridgehead atoms. The standard InChI is InChI=1S/C25H26N6O3/c1-25(2,3)34-24(33)30-22(13-17-15-28-19-7-5-4-6-18(17)19)23(32)31-29-14-16-8-9-20-21(12-16)27-11-10-26-20/h4-12,14-15,22,28H,13H2,1-3H3,(H,30,33)(H,31,32)/t22-/m0/s1. The summed E-state index contributed by atoms with van der Waals surface area (Å²) in [6.07, 6.45) is 6.17. The summed E-state index contributed by atoms with van der Waals surface area (Å²) in [6.45, 7) is 5.29. The average molecular weight is 459 g/mol. The van der Waals surface area contributed by atoms with Gasteiger partial charge in [0.25, 0.3) is 5.91 Å². The number of aromatic nitrogens is 3. The summed E-state index contributed by atoms with van der Waals surface area (Å²) in [5, 5.41) is 7.72. The van der Waals surface area contributed by atoms with Gasteiger partial charge in [-0.1, -0.05) is 24.3 Å². The van der Waals surface area contributed by atoms with Crippen molar-refractivity contribution in [2.24, 2.45) is 5.10 Å². The van der Waals surface area contributed by atoms with Gasteiger partial charge >= 0.3 is 6.09 Å². The van der Waals surface area contributed by atoms with E-state index in [1.807, 2.05) is 48.7 Å². The number of nitrogens with one attached hydrogen (secondary N) is 3. The Morgan fingerprint density at radius 1 is 1.12 bits per heavy atom. The van der Waals surface area contributed by atoms with Crippen molar-refractivity contribution in [3.63, 3.8) is 0 Å². The molecule has 2 heterocycles.